The molecule has 0 fully saturated rings. The van der Waals surface area contributed by atoms with Gasteiger partial charge in [-0.2, -0.15) is 0 Å². The summed E-state index contributed by atoms with van der Waals surface area (Å²) < 4.78 is 1.31. The van der Waals surface area contributed by atoms with Gasteiger partial charge in [-0.05, 0) is 58.9 Å². The number of allylic oxidation sites excluding steroid dienone is 1. The van der Waals surface area contributed by atoms with Crippen LogP contribution in [0.15, 0.2) is 24.1 Å². The number of halogens is 1. The molecule has 1 heterocycles. The Balaban J connectivity index is 2.39. The molecule has 3 heteroatoms. The maximum atomic E-state index is 6.02. The van der Waals surface area contributed by atoms with Crippen LogP contribution in [0.3, 0.4) is 0 Å². The van der Waals surface area contributed by atoms with E-state index in [4.69, 9.17) is 5.73 Å². The molecule has 0 aromatic carbocycles. The number of hydrogen-bond donors (Lipinski definition) is 1. The van der Waals surface area contributed by atoms with Gasteiger partial charge in [0.1, 0.15) is 0 Å². The highest BCUT2D eigenvalue weighted by Gasteiger charge is 2.06. The summed E-state index contributed by atoms with van der Waals surface area (Å²) in [7, 11) is 0. The molecule has 0 saturated heterocycles. The van der Waals surface area contributed by atoms with E-state index in [1.807, 2.05) is 6.08 Å². The van der Waals surface area contributed by atoms with Gasteiger partial charge < -0.3 is 5.73 Å². The van der Waals surface area contributed by atoms with Crippen LogP contribution >= 0.6 is 33.9 Å². The Morgan fingerprint density at radius 3 is 3.00 bits per heavy atom. The molecule has 72 valence electrons. The highest BCUT2D eigenvalue weighted by atomic mass is 127. The lowest BCUT2D eigenvalue weighted by Crippen LogP contribution is -2.08. The standard InChI is InChI=1S/C10H14INS/c1-2-3-4-5-9(12)8-6-10(11)13-7-8/h2,6-7,9H,1,3-5,12H2. The van der Waals surface area contributed by atoms with Crippen LogP contribution in [0.25, 0.3) is 0 Å². The Morgan fingerprint density at radius 2 is 2.46 bits per heavy atom. The zero-order chi connectivity index (χ0) is 9.68. The van der Waals surface area contributed by atoms with Crippen molar-refractivity contribution >= 4 is 33.9 Å². The Hall–Kier alpha value is 0.130. The molecule has 0 aliphatic heterocycles. The van der Waals surface area contributed by atoms with E-state index in [1.165, 1.54) is 8.45 Å². The van der Waals surface area contributed by atoms with Crippen LogP contribution in [0, 0.1) is 2.88 Å². The van der Waals surface area contributed by atoms with E-state index in [-0.39, 0.29) is 6.04 Å². The van der Waals surface area contributed by atoms with Crippen LogP contribution in [0.1, 0.15) is 30.9 Å². The number of unbranched alkanes of at least 4 members (excludes halogenated alkanes) is 1. The van der Waals surface area contributed by atoms with Crippen molar-refractivity contribution in [3.63, 3.8) is 0 Å². The van der Waals surface area contributed by atoms with Gasteiger partial charge in [-0.25, -0.2) is 0 Å². The number of hydrogen-bond acceptors (Lipinski definition) is 2. The van der Waals surface area contributed by atoms with E-state index in [2.05, 4.69) is 40.6 Å². The first-order valence-electron chi connectivity index (χ1n) is 4.34. The molecule has 0 amide bonds. The van der Waals surface area contributed by atoms with Crippen LogP contribution in [0.2, 0.25) is 0 Å². The maximum Gasteiger partial charge on any atom is 0.0656 e. The van der Waals surface area contributed by atoms with Crippen LogP contribution in [0.5, 0.6) is 0 Å². The zero-order valence-corrected chi connectivity index (χ0v) is 10.5. The van der Waals surface area contributed by atoms with Crippen LogP contribution in [-0.2, 0) is 0 Å². The normalized spacial score (nSPS) is 12.8. The van der Waals surface area contributed by atoms with Gasteiger partial charge in [-0.1, -0.05) is 6.08 Å². The topological polar surface area (TPSA) is 26.0 Å². The van der Waals surface area contributed by atoms with Crippen LogP contribution in [0.4, 0.5) is 0 Å². The molecule has 1 nitrogen and oxygen atoms in total. The van der Waals surface area contributed by atoms with Gasteiger partial charge in [-0.3, -0.25) is 0 Å². The zero-order valence-electron chi connectivity index (χ0n) is 7.50. The highest BCUT2D eigenvalue weighted by Crippen LogP contribution is 2.23. The summed E-state index contributed by atoms with van der Waals surface area (Å²) in [5.74, 6) is 0. The Labute approximate surface area is 97.2 Å². The van der Waals surface area contributed by atoms with Crippen molar-refractivity contribution in [2.75, 3.05) is 0 Å². The predicted octanol–water partition coefficient (Wildman–Crippen LogP) is 3.71. The molecule has 1 atom stereocenters. The third-order valence-electron chi connectivity index (χ3n) is 1.94. The van der Waals surface area contributed by atoms with Crippen molar-refractivity contribution in [1.82, 2.24) is 0 Å². The fraction of sp³-hybridized carbons (Fsp3) is 0.400. The quantitative estimate of drug-likeness (QED) is 0.501. The van der Waals surface area contributed by atoms with Gasteiger partial charge >= 0.3 is 0 Å². The third kappa shape index (κ3) is 3.79. The summed E-state index contributed by atoms with van der Waals surface area (Å²) in [6.45, 7) is 3.69. The number of rotatable bonds is 5. The summed E-state index contributed by atoms with van der Waals surface area (Å²) in [4.78, 5) is 0. The molecular formula is C10H14INS. The lowest BCUT2D eigenvalue weighted by Gasteiger charge is -2.07. The average molecular weight is 307 g/mol. The molecule has 1 unspecified atom stereocenters. The second kappa shape index (κ2) is 5.78. The molecule has 0 spiro atoms. The lowest BCUT2D eigenvalue weighted by atomic mass is 10.1. The molecule has 13 heavy (non-hydrogen) atoms. The first kappa shape index (κ1) is 11.2. The minimum Gasteiger partial charge on any atom is -0.324 e. The molecule has 0 radical (unpaired) electrons. The van der Waals surface area contributed by atoms with Crippen molar-refractivity contribution in [2.45, 2.75) is 25.3 Å². The molecule has 0 aliphatic rings. The fourth-order valence-corrected chi connectivity index (χ4v) is 2.60. The fourth-order valence-electron chi connectivity index (χ4n) is 1.17. The van der Waals surface area contributed by atoms with Crippen LogP contribution in [-0.4, -0.2) is 0 Å². The van der Waals surface area contributed by atoms with Gasteiger partial charge in [0, 0.05) is 6.04 Å². The maximum absolute atomic E-state index is 6.02. The van der Waals surface area contributed by atoms with Gasteiger partial charge in [0.05, 0.1) is 2.88 Å². The van der Waals surface area contributed by atoms with Gasteiger partial charge in [0.25, 0.3) is 0 Å². The first-order valence-corrected chi connectivity index (χ1v) is 6.30. The molecule has 0 bridgehead atoms. The van der Waals surface area contributed by atoms with E-state index in [9.17, 15) is 0 Å². The van der Waals surface area contributed by atoms with Gasteiger partial charge in [0.15, 0.2) is 0 Å². The summed E-state index contributed by atoms with van der Waals surface area (Å²) in [5, 5.41) is 2.15. The minimum atomic E-state index is 0.208. The third-order valence-corrected chi connectivity index (χ3v) is 3.75. The van der Waals surface area contributed by atoms with Crippen LogP contribution < -0.4 is 5.73 Å². The number of thiophene rings is 1. The molecule has 1 aromatic rings. The Kier molecular flexibility index (Phi) is 4.98. The van der Waals surface area contributed by atoms with Crippen molar-refractivity contribution < 1.29 is 0 Å². The molecule has 2 N–H and O–H groups in total. The SMILES string of the molecule is C=CCCCC(N)c1csc(I)c1. The smallest absolute Gasteiger partial charge is 0.0656 e. The average Bonchev–Trinajstić information content (AvgIpc) is 2.52. The lowest BCUT2D eigenvalue weighted by molar-refractivity contribution is 0.619. The molecule has 0 aliphatic carbocycles. The van der Waals surface area contributed by atoms with E-state index in [0.717, 1.165) is 19.3 Å². The molecule has 1 rings (SSSR count). The molecule has 1 aromatic heterocycles. The van der Waals surface area contributed by atoms with E-state index >= 15 is 0 Å². The van der Waals surface area contributed by atoms with Crippen molar-refractivity contribution in [3.8, 4) is 0 Å². The summed E-state index contributed by atoms with van der Waals surface area (Å²) >= 11 is 4.08. The highest BCUT2D eigenvalue weighted by molar-refractivity contribution is 14.1. The first-order chi connectivity index (χ1) is 6.24. The Bertz CT molecular complexity index is 270. The summed E-state index contributed by atoms with van der Waals surface area (Å²) in [5.41, 5.74) is 7.29. The minimum absolute atomic E-state index is 0.208. The number of nitrogens with two attached hydrogens (primary N) is 1. The van der Waals surface area contributed by atoms with Crippen molar-refractivity contribution in [1.29, 1.82) is 0 Å². The largest absolute Gasteiger partial charge is 0.324 e. The monoisotopic (exact) mass is 307 g/mol. The van der Waals surface area contributed by atoms with E-state index in [0.29, 0.717) is 0 Å². The summed E-state index contributed by atoms with van der Waals surface area (Å²) in [6, 6.07) is 2.38. The van der Waals surface area contributed by atoms with Gasteiger partial charge in [-0.15, -0.1) is 17.9 Å². The van der Waals surface area contributed by atoms with Crippen molar-refractivity contribution in [2.24, 2.45) is 5.73 Å². The van der Waals surface area contributed by atoms with Gasteiger partial charge in [0.2, 0.25) is 0 Å². The molecule has 0 saturated carbocycles. The van der Waals surface area contributed by atoms with E-state index < -0.39 is 0 Å². The summed E-state index contributed by atoms with van der Waals surface area (Å²) in [6.07, 6.45) is 5.20. The Morgan fingerprint density at radius 1 is 1.69 bits per heavy atom. The second-order valence-electron chi connectivity index (χ2n) is 3.01. The predicted molar refractivity (Wildman–Crippen MR) is 68.0 cm³/mol. The van der Waals surface area contributed by atoms with E-state index in [1.54, 1.807) is 11.3 Å². The van der Waals surface area contributed by atoms with Crippen molar-refractivity contribution in [3.05, 3.63) is 32.5 Å². The molecular weight excluding hydrogens is 293 g/mol. The second-order valence-corrected chi connectivity index (χ2v) is 5.82.